The molecule has 0 saturated carbocycles. The van der Waals surface area contributed by atoms with Gasteiger partial charge in [-0.2, -0.15) is 0 Å². The minimum absolute atomic E-state index is 0.246. The van der Waals surface area contributed by atoms with Crippen LogP contribution >= 0.6 is 0 Å². The van der Waals surface area contributed by atoms with Gasteiger partial charge in [-0.1, -0.05) is 0 Å². The zero-order valence-electron chi connectivity index (χ0n) is 13.5. The van der Waals surface area contributed by atoms with Crippen LogP contribution in [0, 0.1) is 6.92 Å². The smallest absolute Gasteiger partial charge is 0.410 e. The summed E-state index contributed by atoms with van der Waals surface area (Å²) in [6.45, 7) is 9.01. The van der Waals surface area contributed by atoms with Crippen molar-refractivity contribution in [1.82, 2.24) is 9.88 Å². The minimum Gasteiger partial charge on any atom is -0.481 e. The second kappa shape index (κ2) is 5.92. The predicted molar refractivity (Wildman–Crippen MR) is 80.7 cm³/mol. The summed E-state index contributed by atoms with van der Waals surface area (Å²) in [6, 6.07) is 2.09. The maximum Gasteiger partial charge on any atom is 0.410 e. The lowest BCUT2D eigenvalue weighted by Gasteiger charge is -2.24. The Balaban J connectivity index is 2.09. The molecule has 0 spiro atoms. The van der Waals surface area contributed by atoms with Gasteiger partial charge in [-0.05, 0) is 45.7 Å². The van der Waals surface area contributed by atoms with E-state index in [4.69, 9.17) is 9.47 Å². The fourth-order valence-electron chi connectivity index (χ4n) is 2.55. The van der Waals surface area contributed by atoms with Crippen LogP contribution in [0.15, 0.2) is 12.3 Å². The number of amides is 1. The normalized spacial score (nSPS) is 18.7. The van der Waals surface area contributed by atoms with E-state index in [0.29, 0.717) is 19.0 Å². The van der Waals surface area contributed by atoms with Crippen LogP contribution in [0.1, 0.15) is 44.2 Å². The van der Waals surface area contributed by atoms with Crippen molar-refractivity contribution in [2.24, 2.45) is 0 Å². The maximum absolute atomic E-state index is 12.1. The first kappa shape index (κ1) is 15.6. The van der Waals surface area contributed by atoms with Crippen molar-refractivity contribution in [1.29, 1.82) is 0 Å². The van der Waals surface area contributed by atoms with E-state index in [1.807, 2.05) is 27.7 Å². The van der Waals surface area contributed by atoms with Gasteiger partial charge in [0.2, 0.25) is 5.88 Å². The molecule has 1 unspecified atom stereocenters. The Morgan fingerprint density at radius 2 is 2.14 bits per heavy atom. The number of carbonyl (C=O) groups excluding carboxylic acids is 1. The molecule has 1 amide bonds. The van der Waals surface area contributed by atoms with Crippen LogP contribution in [0.3, 0.4) is 0 Å². The molecule has 1 aromatic heterocycles. The molecule has 0 radical (unpaired) electrons. The van der Waals surface area contributed by atoms with Crippen molar-refractivity contribution in [3.8, 4) is 5.88 Å². The first-order valence-corrected chi connectivity index (χ1v) is 7.28. The first-order chi connectivity index (χ1) is 9.80. The van der Waals surface area contributed by atoms with Gasteiger partial charge in [0.25, 0.3) is 0 Å². The molecule has 116 valence electrons. The highest BCUT2D eigenvalue weighted by atomic mass is 16.6. The largest absolute Gasteiger partial charge is 0.481 e. The van der Waals surface area contributed by atoms with Gasteiger partial charge in [-0.25, -0.2) is 9.78 Å². The second-order valence-corrected chi connectivity index (χ2v) is 6.52. The van der Waals surface area contributed by atoms with E-state index in [9.17, 15) is 4.79 Å². The molecule has 1 saturated heterocycles. The van der Waals surface area contributed by atoms with Gasteiger partial charge in [0.1, 0.15) is 5.60 Å². The molecule has 1 fully saturated rings. The lowest BCUT2D eigenvalue weighted by molar-refractivity contribution is 0.0292. The number of aryl methyl sites for hydroxylation is 1. The Hall–Kier alpha value is -1.78. The monoisotopic (exact) mass is 292 g/mol. The Kier molecular flexibility index (Phi) is 4.40. The zero-order chi connectivity index (χ0) is 15.6. The van der Waals surface area contributed by atoms with E-state index in [1.165, 1.54) is 0 Å². The number of nitrogens with zero attached hydrogens (tertiary/aromatic N) is 2. The van der Waals surface area contributed by atoms with Crippen LogP contribution in [0.25, 0.3) is 0 Å². The molecule has 2 rings (SSSR count). The fourth-order valence-corrected chi connectivity index (χ4v) is 2.55. The molecule has 21 heavy (non-hydrogen) atoms. The van der Waals surface area contributed by atoms with E-state index in [2.05, 4.69) is 11.1 Å². The van der Waals surface area contributed by atoms with E-state index in [1.54, 1.807) is 18.2 Å². The molecular weight excluding hydrogens is 268 g/mol. The minimum atomic E-state index is -0.461. The number of aromatic nitrogens is 1. The second-order valence-electron chi connectivity index (χ2n) is 6.52. The third-order valence-electron chi connectivity index (χ3n) is 3.49. The number of hydrogen-bond acceptors (Lipinski definition) is 4. The molecule has 1 aromatic rings. The summed E-state index contributed by atoms with van der Waals surface area (Å²) in [5.74, 6) is 0.900. The van der Waals surface area contributed by atoms with Gasteiger partial charge in [-0.3, -0.25) is 0 Å². The standard InChI is InChI=1S/C16H24N2O3/c1-11-8-13(14(20-5)17-9-11)12-6-7-18(10-12)15(19)21-16(2,3)4/h8-9,12H,6-7,10H2,1-5H3. The topological polar surface area (TPSA) is 51.7 Å². The molecule has 0 bridgehead atoms. The first-order valence-electron chi connectivity index (χ1n) is 7.28. The van der Waals surface area contributed by atoms with Crippen molar-refractivity contribution >= 4 is 6.09 Å². The molecule has 0 aromatic carbocycles. The predicted octanol–water partition coefficient (Wildman–Crippen LogP) is 3.12. The van der Waals surface area contributed by atoms with Crippen LogP contribution in [0.2, 0.25) is 0 Å². The Bertz CT molecular complexity index is 523. The summed E-state index contributed by atoms with van der Waals surface area (Å²) in [6.07, 6.45) is 2.45. The van der Waals surface area contributed by atoms with Gasteiger partial charge < -0.3 is 14.4 Å². The molecule has 5 nitrogen and oxygen atoms in total. The number of carbonyl (C=O) groups is 1. The van der Waals surface area contributed by atoms with Crippen LogP contribution < -0.4 is 4.74 Å². The van der Waals surface area contributed by atoms with E-state index in [0.717, 1.165) is 17.5 Å². The number of rotatable bonds is 2. The summed E-state index contributed by atoms with van der Waals surface area (Å²) < 4.78 is 10.8. The number of likely N-dealkylation sites (tertiary alicyclic amines) is 1. The highest BCUT2D eigenvalue weighted by Gasteiger charge is 2.32. The Morgan fingerprint density at radius 3 is 2.76 bits per heavy atom. The van der Waals surface area contributed by atoms with Gasteiger partial charge >= 0.3 is 6.09 Å². The summed E-state index contributed by atoms with van der Waals surface area (Å²) in [5, 5.41) is 0. The summed E-state index contributed by atoms with van der Waals surface area (Å²) in [4.78, 5) is 18.2. The van der Waals surface area contributed by atoms with Crippen LogP contribution in [0.4, 0.5) is 4.79 Å². The van der Waals surface area contributed by atoms with Gasteiger partial charge in [0.05, 0.1) is 7.11 Å². The Labute approximate surface area is 126 Å². The van der Waals surface area contributed by atoms with E-state index in [-0.39, 0.29) is 12.0 Å². The fraction of sp³-hybridized carbons (Fsp3) is 0.625. The third kappa shape index (κ3) is 3.86. The van der Waals surface area contributed by atoms with Crippen LogP contribution in [-0.2, 0) is 4.74 Å². The van der Waals surface area contributed by atoms with Crippen molar-refractivity contribution in [2.45, 2.75) is 45.6 Å². The van der Waals surface area contributed by atoms with Gasteiger partial charge in [-0.15, -0.1) is 0 Å². The highest BCUT2D eigenvalue weighted by Crippen LogP contribution is 2.33. The van der Waals surface area contributed by atoms with E-state index < -0.39 is 5.60 Å². The highest BCUT2D eigenvalue weighted by molar-refractivity contribution is 5.68. The molecule has 0 aliphatic carbocycles. The van der Waals surface area contributed by atoms with Crippen molar-refractivity contribution in [3.63, 3.8) is 0 Å². The third-order valence-corrected chi connectivity index (χ3v) is 3.49. The zero-order valence-corrected chi connectivity index (χ0v) is 13.5. The number of pyridine rings is 1. The quantitative estimate of drug-likeness (QED) is 0.840. The summed E-state index contributed by atoms with van der Waals surface area (Å²) in [7, 11) is 1.63. The van der Waals surface area contributed by atoms with Crippen molar-refractivity contribution < 1.29 is 14.3 Å². The van der Waals surface area contributed by atoms with Crippen LogP contribution in [-0.4, -0.2) is 41.8 Å². The lowest BCUT2D eigenvalue weighted by atomic mass is 9.98. The number of hydrogen-bond donors (Lipinski definition) is 0. The molecule has 1 aliphatic rings. The molecule has 2 heterocycles. The lowest BCUT2D eigenvalue weighted by Crippen LogP contribution is -2.35. The number of ether oxygens (including phenoxy) is 2. The van der Waals surface area contributed by atoms with Crippen molar-refractivity contribution in [3.05, 3.63) is 23.4 Å². The van der Waals surface area contributed by atoms with Gasteiger partial charge in [0, 0.05) is 30.8 Å². The maximum atomic E-state index is 12.1. The Morgan fingerprint density at radius 1 is 1.43 bits per heavy atom. The molecule has 1 atom stereocenters. The molecule has 1 aliphatic heterocycles. The average molecular weight is 292 g/mol. The summed E-state index contributed by atoms with van der Waals surface area (Å²) >= 11 is 0. The van der Waals surface area contributed by atoms with Gasteiger partial charge in [0.15, 0.2) is 0 Å². The molecule has 0 N–H and O–H groups in total. The van der Waals surface area contributed by atoms with E-state index >= 15 is 0 Å². The van der Waals surface area contributed by atoms with Crippen LogP contribution in [0.5, 0.6) is 5.88 Å². The SMILES string of the molecule is COc1ncc(C)cc1C1CCN(C(=O)OC(C)(C)C)C1. The molecule has 5 heteroatoms. The molecular formula is C16H24N2O3. The average Bonchev–Trinajstić information content (AvgIpc) is 2.86. The summed E-state index contributed by atoms with van der Waals surface area (Å²) in [5.41, 5.74) is 1.71. The van der Waals surface area contributed by atoms with Crippen molar-refractivity contribution in [2.75, 3.05) is 20.2 Å². The number of methoxy groups -OCH3 is 1.